The Morgan fingerprint density at radius 2 is 1.09 bits per heavy atom. The third-order valence-corrected chi connectivity index (χ3v) is 6.76. The quantitative estimate of drug-likeness (QED) is 0.313. The van der Waals surface area contributed by atoms with Crippen molar-refractivity contribution in [3.63, 3.8) is 0 Å². The minimum atomic E-state index is -0.146. The van der Waals surface area contributed by atoms with Crippen molar-refractivity contribution in [1.29, 1.82) is 0 Å². The van der Waals surface area contributed by atoms with Gasteiger partial charge < -0.3 is 10.6 Å². The SMILES string of the molecule is Cc1sc(NC(=O)CCCC(=O)Nc2nc(-c3ccccc3)c(C)s2)nc1-c1ccccc1. The van der Waals surface area contributed by atoms with Gasteiger partial charge in [0.1, 0.15) is 0 Å². The summed E-state index contributed by atoms with van der Waals surface area (Å²) < 4.78 is 0. The maximum Gasteiger partial charge on any atom is 0.226 e. The number of hydrogen-bond acceptors (Lipinski definition) is 6. The molecule has 0 bridgehead atoms. The van der Waals surface area contributed by atoms with E-state index in [1.165, 1.54) is 22.7 Å². The summed E-state index contributed by atoms with van der Waals surface area (Å²) >= 11 is 2.90. The molecular weight excluding hydrogens is 452 g/mol. The number of aryl methyl sites for hydroxylation is 2. The first-order valence-corrected chi connectivity index (χ1v) is 12.3. The van der Waals surface area contributed by atoms with E-state index in [0.29, 0.717) is 16.7 Å². The van der Waals surface area contributed by atoms with Crippen LogP contribution in [-0.2, 0) is 9.59 Å². The molecule has 168 valence electrons. The normalized spacial score (nSPS) is 10.7. The van der Waals surface area contributed by atoms with Crippen LogP contribution in [0.15, 0.2) is 60.7 Å². The highest BCUT2D eigenvalue weighted by Gasteiger charge is 2.14. The molecule has 0 aliphatic rings. The van der Waals surface area contributed by atoms with Gasteiger partial charge in [-0.05, 0) is 20.3 Å². The molecule has 2 N–H and O–H groups in total. The molecule has 2 aromatic heterocycles. The monoisotopic (exact) mass is 476 g/mol. The Hall–Kier alpha value is -3.36. The molecule has 2 aromatic carbocycles. The molecule has 0 radical (unpaired) electrons. The highest BCUT2D eigenvalue weighted by Crippen LogP contribution is 2.31. The molecule has 6 nitrogen and oxygen atoms in total. The number of aromatic nitrogens is 2. The van der Waals surface area contributed by atoms with Crippen LogP contribution in [0.2, 0.25) is 0 Å². The number of rotatable bonds is 8. The van der Waals surface area contributed by atoms with E-state index >= 15 is 0 Å². The molecule has 0 spiro atoms. The summed E-state index contributed by atoms with van der Waals surface area (Å²) in [6.07, 6.45) is 0.946. The van der Waals surface area contributed by atoms with Crippen molar-refractivity contribution in [3.8, 4) is 22.5 Å². The Labute approximate surface area is 200 Å². The second-order valence-corrected chi connectivity index (χ2v) is 9.94. The predicted molar refractivity (Wildman–Crippen MR) is 136 cm³/mol. The Balaban J connectivity index is 1.25. The second-order valence-electron chi connectivity index (χ2n) is 7.53. The number of anilines is 2. The van der Waals surface area contributed by atoms with Gasteiger partial charge in [-0.1, -0.05) is 60.7 Å². The lowest BCUT2D eigenvalue weighted by atomic mass is 10.1. The number of nitrogens with zero attached hydrogens (tertiary/aromatic N) is 2. The maximum atomic E-state index is 12.3. The van der Waals surface area contributed by atoms with E-state index in [1.54, 1.807) is 0 Å². The van der Waals surface area contributed by atoms with Gasteiger partial charge in [0.25, 0.3) is 0 Å². The topological polar surface area (TPSA) is 84.0 Å². The molecule has 0 fully saturated rings. The highest BCUT2D eigenvalue weighted by molar-refractivity contribution is 7.16. The van der Waals surface area contributed by atoms with Gasteiger partial charge in [-0.3, -0.25) is 9.59 Å². The van der Waals surface area contributed by atoms with Crippen LogP contribution in [0.25, 0.3) is 22.5 Å². The first-order valence-electron chi connectivity index (χ1n) is 10.6. The molecule has 0 aliphatic carbocycles. The number of benzene rings is 2. The van der Waals surface area contributed by atoms with Gasteiger partial charge in [0.05, 0.1) is 11.4 Å². The third kappa shape index (κ3) is 5.91. The summed E-state index contributed by atoms with van der Waals surface area (Å²) in [6, 6.07) is 19.8. The lowest BCUT2D eigenvalue weighted by molar-refractivity contribution is -0.117. The molecule has 0 aliphatic heterocycles. The first kappa shape index (κ1) is 22.8. The smallest absolute Gasteiger partial charge is 0.226 e. The van der Waals surface area contributed by atoms with Gasteiger partial charge in [-0.2, -0.15) is 0 Å². The van der Waals surface area contributed by atoms with Gasteiger partial charge in [0.15, 0.2) is 10.3 Å². The summed E-state index contributed by atoms with van der Waals surface area (Å²) in [4.78, 5) is 35.9. The summed E-state index contributed by atoms with van der Waals surface area (Å²) in [5.41, 5.74) is 3.81. The number of carbonyl (C=O) groups is 2. The van der Waals surface area contributed by atoms with Gasteiger partial charge in [0.2, 0.25) is 11.8 Å². The molecule has 0 saturated heterocycles. The number of carbonyl (C=O) groups excluding carboxylic acids is 2. The highest BCUT2D eigenvalue weighted by atomic mass is 32.1. The van der Waals surface area contributed by atoms with E-state index in [4.69, 9.17) is 0 Å². The molecule has 33 heavy (non-hydrogen) atoms. The van der Waals surface area contributed by atoms with E-state index < -0.39 is 0 Å². The van der Waals surface area contributed by atoms with Crippen molar-refractivity contribution < 1.29 is 9.59 Å². The zero-order valence-corrected chi connectivity index (χ0v) is 20.1. The van der Waals surface area contributed by atoms with E-state index in [9.17, 15) is 9.59 Å². The molecule has 4 aromatic rings. The van der Waals surface area contributed by atoms with Gasteiger partial charge in [-0.25, -0.2) is 9.97 Å². The van der Waals surface area contributed by atoms with Crippen molar-refractivity contribution in [2.75, 3.05) is 10.6 Å². The lowest BCUT2D eigenvalue weighted by Crippen LogP contribution is -2.14. The summed E-state index contributed by atoms with van der Waals surface area (Å²) in [5.74, 6) is -0.291. The minimum absolute atomic E-state index is 0.146. The van der Waals surface area contributed by atoms with Crippen molar-refractivity contribution in [2.45, 2.75) is 33.1 Å². The van der Waals surface area contributed by atoms with Crippen LogP contribution in [0.4, 0.5) is 10.3 Å². The van der Waals surface area contributed by atoms with Crippen molar-refractivity contribution in [3.05, 3.63) is 70.4 Å². The fourth-order valence-electron chi connectivity index (χ4n) is 3.40. The number of thiazole rings is 2. The largest absolute Gasteiger partial charge is 0.302 e. The van der Waals surface area contributed by atoms with Crippen LogP contribution < -0.4 is 10.6 Å². The molecule has 0 saturated carbocycles. The van der Waals surface area contributed by atoms with Crippen molar-refractivity contribution >= 4 is 44.8 Å². The summed E-state index contributed by atoms with van der Waals surface area (Å²) in [7, 11) is 0. The van der Waals surface area contributed by atoms with Crippen LogP contribution in [0.3, 0.4) is 0 Å². The molecule has 4 rings (SSSR count). The molecular formula is C25H24N4O2S2. The van der Waals surface area contributed by atoms with E-state index in [1.807, 2.05) is 74.5 Å². The van der Waals surface area contributed by atoms with Crippen LogP contribution in [0.5, 0.6) is 0 Å². The fourth-order valence-corrected chi connectivity index (χ4v) is 5.10. The molecule has 0 unspecified atom stereocenters. The maximum absolute atomic E-state index is 12.3. The lowest BCUT2D eigenvalue weighted by Gasteiger charge is -2.03. The Bertz CT molecular complexity index is 1150. The minimum Gasteiger partial charge on any atom is -0.302 e. The Kier molecular flexibility index (Phi) is 7.26. The first-order chi connectivity index (χ1) is 16.0. The fraction of sp³-hybridized carbons (Fsp3) is 0.200. The van der Waals surface area contributed by atoms with Crippen molar-refractivity contribution in [1.82, 2.24) is 9.97 Å². The van der Waals surface area contributed by atoms with Gasteiger partial charge in [-0.15, -0.1) is 22.7 Å². The molecule has 0 atom stereocenters. The van der Waals surface area contributed by atoms with Crippen LogP contribution >= 0.6 is 22.7 Å². The molecule has 2 heterocycles. The predicted octanol–water partition coefficient (Wildman–Crippen LogP) is 6.30. The average molecular weight is 477 g/mol. The Morgan fingerprint density at radius 3 is 1.48 bits per heavy atom. The van der Waals surface area contributed by atoms with Crippen LogP contribution in [0.1, 0.15) is 29.0 Å². The third-order valence-electron chi connectivity index (χ3n) is 4.99. The van der Waals surface area contributed by atoms with Gasteiger partial charge in [0, 0.05) is 33.7 Å². The van der Waals surface area contributed by atoms with Crippen molar-refractivity contribution in [2.24, 2.45) is 0 Å². The van der Waals surface area contributed by atoms with Crippen LogP contribution in [-0.4, -0.2) is 21.8 Å². The van der Waals surface area contributed by atoms with Crippen LogP contribution in [0, 0.1) is 13.8 Å². The van der Waals surface area contributed by atoms with Gasteiger partial charge >= 0.3 is 0 Å². The van der Waals surface area contributed by atoms with E-state index in [2.05, 4.69) is 20.6 Å². The number of nitrogens with one attached hydrogen (secondary N) is 2. The summed E-state index contributed by atoms with van der Waals surface area (Å²) in [5, 5.41) is 6.86. The van der Waals surface area contributed by atoms with E-state index in [0.717, 1.165) is 32.3 Å². The number of hydrogen-bond donors (Lipinski definition) is 2. The average Bonchev–Trinajstić information content (AvgIpc) is 3.36. The summed E-state index contributed by atoms with van der Waals surface area (Å²) in [6.45, 7) is 3.98. The number of amides is 2. The zero-order valence-electron chi connectivity index (χ0n) is 18.4. The standard InChI is InChI=1S/C25H24N4O2S2/c1-16-22(18-10-5-3-6-11-18)28-24(32-16)26-20(30)14-9-15-21(31)27-25-29-23(17(2)33-25)19-12-7-4-8-13-19/h3-8,10-13H,9,14-15H2,1-2H3,(H,26,28,30)(H,27,29,31). The van der Waals surface area contributed by atoms with E-state index in [-0.39, 0.29) is 24.7 Å². The second kappa shape index (κ2) is 10.5. The zero-order chi connectivity index (χ0) is 23.2. The molecule has 2 amide bonds. The molecule has 8 heteroatoms. The Morgan fingerprint density at radius 1 is 0.697 bits per heavy atom.